The molecule has 0 saturated carbocycles. The van der Waals surface area contributed by atoms with Crippen LogP contribution in [0.3, 0.4) is 0 Å². The Kier molecular flexibility index (Phi) is 4.91. The molecule has 1 N–H and O–H groups in total. The Hall–Kier alpha value is -0.713. The van der Waals surface area contributed by atoms with E-state index in [-0.39, 0.29) is 11.1 Å². The van der Waals surface area contributed by atoms with Crippen molar-refractivity contribution in [3.63, 3.8) is 0 Å². The van der Waals surface area contributed by atoms with Gasteiger partial charge in [-0.25, -0.2) is 0 Å². The summed E-state index contributed by atoms with van der Waals surface area (Å²) in [5.74, 6) is 0. The first-order valence-electron chi connectivity index (χ1n) is 7.56. The van der Waals surface area contributed by atoms with E-state index in [2.05, 4.69) is 82.6 Å². The zero-order valence-electron chi connectivity index (χ0n) is 13.9. The number of hydrogen-bond acceptors (Lipinski definition) is 3. The summed E-state index contributed by atoms with van der Waals surface area (Å²) in [6.45, 7) is 13.7. The van der Waals surface area contributed by atoms with Crippen molar-refractivity contribution in [3.05, 3.63) is 42.1 Å². The summed E-state index contributed by atoms with van der Waals surface area (Å²) >= 11 is 1.86. The first-order valence-corrected chi connectivity index (χ1v) is 11.3. The molecule has 1 unspecified atom stereocenters. The lowest BCUT2D eigenvalue weighted by molar-refractivity contribution is 0.222. The van der Waals surface area contributed by atoms with E-state index in [1.165, 1.54) is 10.5 Å². The van der Waals surface area contributed by atoms with Crippen molar-refractivity contribution >= 4 is 20.1 Å². The lowest BCUT2D eigenvalue weighted by Crippen LogP contribution is -2.47. The van der Waals surface area contributed by atoms with Gasteiger partial charge in [-0.05, 0) is 37.2 Å². The Morgan fingerprint density at radius 3 is 2.29 bits per heavy atom. The standard InChI is InChI=1S/C17H27NOSSi/c1-13(19-21(5,6)17(2,3)4)15-12-18-16(15)20-14-10-8-7-9-11-14/h7-13,16,18H,1-6H3/t13-,16?/m1/s1. The highest BCUT2D eigenvalue weighted by molar-refractivity contribution is 8.00. The summed E-state index contributed by atoms with van der Waals surface area (Å²) in [5.41, 5.74) is 1.37. The molecule has 0 aliphatic carbocycles. The summed E-state index contributed by atoms with van der Waals surface area (Å²) in [4.78, 5) is 1.29. The van der Waals surface area contributed by atoms with Gasteiger partial charge < -0.3 is 9.74 Å². The van der Waals surface area contributed by atoms with Crippen LogP contribution in [-0.2, 0) is 4.43 Å². The molecule has 2 nitrogen and oxygen atoms in total. The molecule has 21 heavy (non-hydrogen) atoms. The van der Waals surface area contributed by atoms with E-state index < -0.39 is 8.32 Å². The first-order chi connectivity index (χ1) is 9.71. The van der Waals surface area contributed by atoms with Crippen LogP contribution in [-0.4, -0.2) is 19.8 Å². The van der Waals surface area contributed by atoms with Gasteiger partial charge in [-0.15, -0.1) is 0 Å². The molecule has 1 aromatic rings. The highest BCUT2D eigenvalue weighted by Gasteiger charge is 2.40. The van der Waals surface area contributed by atoms with Gasteiger partial charge in [0.05, 0.1) is 6.10 Å². The molecule has 0 amide bonds. The van der Waals surface area contributed by atoms with Gasteiger partial charge in [-0.3, -0.25) is 0 Å². The van der Waals surface area contributed by atoms with E-state index in [0.717, 1.165) is 0 Å². The van der Waals surface area contributed by atoms with E-state index in [0.29, 0.717) is 5.37 Å². The van der Waals surface area contributed by atoms with Crippen molar-refractivity contribution in [3.8, 4) is 0 Å². The van der Waals surface area contributed by atoms with Crippen molar-refractivity contribution in [1.29, 1.82) is 0 Å². The van der Waals surface area contributed by atoms with Crippen molar-refractivity contribution in [1.82, 2.24) is 5.32 Å². The molecule has 116 valence electrons. The van der Waals surface area contributed by atoms with Gasteiger partial charge in [-0.2, -0.15) is 0 Å². The number of benzene rings is 1. The first kappa shape index (κ1) is 16.7. The molecular formula is C17H27NOSSi. The maximum absolute atomic E-state index is 6.49. The minimum absolute atomic E-state index is 0.188. The molecule has 0 radical (unpaired) electrons. The van der Waals surface area contributed by atoms with Crippen molar-refractivity contribution in [2.24, 2.45) is 0 Å². The number of thioether (sulfide) groups is 1. The lowest BCUT2D eigenvalue weighted by atomic mass is 10.1. The SMILES string of the molecule is C[C@@H](O[Si](C)(C)C(C)(C)C)C1=CNC1Sc1ccccc1. The molecule has 2 atom stereocenters. The zero-order chi connectivity index (χ0) is 15.7. The Morgan fingerprint density at radius 2 is 1.81 bits per heavy atom. The number of nitrogens with one attached hydrogen (secondary N) is 1. The largest absolute Gasteiger partial charge is 0.410 e. The van der Waals surface area contributed by atoms with Crippen LogP contribution in [0.4, 0.5) is 0 Å². The van der Waals surface area contributed by atoms with Crippen LogP contribution in [0.25, 0.3) is 0 Å². The Morgan fingerprint density at radius 1 is 1.19 bits per heavy atom. The van der Waals surface area contributed by atoms with E-state index >= 15 is 0 Å². The highest BCUT2D eigenvalue weighted by Crippen LogP contribution is 2.40. The topological polar surface area (TPSA) is 21.3 Å². The third-order valence-corrected chi connectivity index (χ3v) is 10.2. The fraction of sp³-hybridized carbons (Fsp3) is 0.529. The molecule has 1 aromatic carbocycles. The Labute approximate surface area is 134 Å². The third-order valence-electron chi connectivity index (χ3n) is 4.45. The summed E-state index contributed by atoms with van der Waals surface area (Å²) < 4.78 is 6.49. The molecule has 0 aromatic heterocycles. The van der Waals surface area contributed by atoms with Gasteiger partial charge in [0.2, 0.25) is 0 Å². The Balaban J connectivity index is 1.97. The van der Waals surface area contributed by atoms with Crippen LogP contribution >= 0.6 is 11.8 Å². The zero-order valence-corrected chi connectivity index (χ0v) is 15.8. The van der Waals surface area contributed by atoms with E-state index in [4.69, 9.17) is 4.43 Å². The molecule has 1 aliphatic rings. The summed E-state index contributed by atoms with van der Waals surface area (Å²) in [7, 11) is -1.71. The van der Waals surface area contributed by atoms with Gasteiger partial charge >= 0.3 is 0 Å². The van der Waals surface area contributed by atoms with Crippen LogP contribution < -0.4 is 5.32 Å². The highest BCUT2D eigenvalue weighted by atomic mass is 32.2. The quantitative estimate of drug-likeness (QED) is 0.771. The molecule has 4 heteroatoms. The molecule has 1 heterocycles. The number of hydrogen-bond donors (Lipinski definition) is 1. The number of rotatable bonds is 5. The molecule has 0 saturated heterocycles. The second-order valence-corrected chi connectivity index (χ2v) is 13.1. The lowest BCUT2D eigenvalue weighted by Gasteiger charge is -2.41. The van der Waals surface area contributed by atoms with Gasteiger partial charge in [0.15, 0.2) is 8.32 Å². The minimum atomic E-state index is -1.71. The maximum atomic E-state index is 6.49. The Bertz CT molecular complexity index is 507. The molecule has 0 fully saturated rings. The van der Waals surface area contributed by atoms with Gasteiger partial charge in [0.1, 0.15) is 5.37 Å². The molecule has 0 spiro atoms. The monoisotopic (exact) mass is 321 g/mol. The van der Waals surface area contributed by atoms with E-state index in [1.807, 2.05) is 11.8 Å². The third kappa shape index (κ3) is 3.93. The molecular weight excluding hydrogens is 294 g/mol. The summed E-state index contributed by atoms with van der Waals surface area (Å²) in [6.07, 6.45) is 2.30. The predicted molar refractivity (Wildman–Crippen MR) is 95.0 cm³/mol. The second kappa shape index (κ2) is 6.19. The van der Waals surface area contributed by atoms with Gasteiger partial charge in [0, 0.05) is 16.7 Å². The summed E-state index contributed by atoms with van der Waals surface area (Å²) in [6, 6.07) is 10.5. The minimum Gasteiger partial charge on any atom is -0.410 e. The van der Waals surface area contributed by atoms with E-state index in [1.54, 1.807) is 0 Å². The van der Waals surface area contributed by atoms with Crippen molar-refractivity contribution in [2.45, 2.75) is 62.2 Å². The normalized spacial score (nSPS) is 20.3. The molecule has 0 bridgehead atoms. The average Bonchev–Trinajstić information content (AvgIpc) is 2.33. The second-order valence-electron chi connectivity index (χ2n) is 7.14. The van der Waals surface area contributed by atoms with Crippen LogP contribution in [0.15, 0.2) is 47.0 Å². The predicted octanol–water partition coefficient (Wildman–Crippen LogP) is 5.00. The maximum Gasteiger partial charge on any atom is 0.192 e. The van der Waals surface area contributed by atoms with Gasteiger partial charge in [0.25, 0.3) is 0 Å². The summed E-state index contributed by atoms with van der Waals surface area (Å²) in [5, 5.41) is 3.98. The average molecular weight is 322 g/mol. The molecule has 1 aliphatic heterocycles. The smallest absolute Gasteiger partial charge is 0.192 e. The fourth-order valence-electron chi connectivity index (χ4n) is 2.00. The van der Waals surface area contributed by atoms with Gasteiger partial charge in [-0.1, -0.05) is 50.7 Å². The van der Waals surface area contributed by atoms with Crippen LogP contribution in [0, 0.1) is 0 Å². The van der Waals surface area contributed by atoms with Crippen molar-refractivity contribution < 1.29 is 4.43 Å². The van der Waals surface area contributed by atoms with E-state index in [9.17, 15) is 0 Å². The van der Waals surface area contributed by atoms with Crippen LogP contribution in [0.1, 0.15) is 27.7 Å². The van der Waals surface area contributed by atoms with Crippen molar-refractivity contribution in [2.75, 3.05) is 0 Å². The van der Waals surface area contributed by atoms with Crippen LogP contribution in [0.2, 0.25) is 18.1 Å². The fourth-order valence-corrected chi connectivity index (χ4v) is 4.49. The van der Waals surface area contributed by atoms with Crippen LogP contribution in [0.5, 0.6) is 0 Å². The molecule has 2 rings (SSSR count).